The average Bonchev–Trinajstić information content (AvgIpc) is 1.99. The molecule has 0 bridgehead atoms. The van der Waals surface area contributed by atoms with Gasteiger partial charge in [0.25, 0.3) is 5.56 Å². The van der Waals surface area contributed by atoms with Gasteiger partial charge in [-0.1, -0.05) is 15.9 Å². The first-order valence-electron chi connectivity index (χ1n) is 3.93. The third-order valence-corrected chi connectivity index (χ3v) is 2.93. The summed E-state index contributed by atoms with van der Waals surface area (Å²) in [5.41, 5.74) is 0.569. The van der Waals surface area contributed by atoms with Gasteiger partial charge >= 0.3 is 0 Å². The Balaban J connectivity index is 3.02. The van der Waals surface area contributed by atoms with Crippen molar-refractivity contribution >= 4 is 42.8 Å². The minimum atomic E-state index is -0.119. The fourth-order valence-corrected chi connectivity index (χ4v) is 2.69. The van der Waals surface area contributed by atoms with Crippen LogP contribution in [0.5, 0.6) is 0 Å². The van der Waals surface area contributed by atoms with E-state index in [1.807, 2.05) is 12.1 Å². The zero-order valence-electron chi connectivity index (χ0n) is 7.27. The number of nitrogens with one attached hydrogen (secondary N) is 1. The van der Waals surface area contributed by atoms with E-state index in [0.29, 0.717) is 16.7 Å². The molecule has 0 amide bonds. The van der Waals surface area contributed by atoms with Crippen LogP contribution in [0.3, 0.4) is 0 Å². The number of aromatic nitrogens is 2. The lowest BCUT2D eigenvalue weighted by Crippen LogP contribution is -2.10. The molecule has 0 aliphatic carbocycles. The zero-order chi connectivity index (χ0) is 10.3. The maximum atomic E-state index is 11.6. The van der Waals surface area contributed by atoms with Gasteiger partial charge in [0.1, 0.15) is 5.82 Å². The van der Waals surface area contributed by atoms with Crippen molar-refractivity contribution in [2.24, 2.45) is 0 Å². The molecule has 72 valence electrons. The van der Waals surface area contributed by atoms with E-state index in [9.17, 15) is 4.79 Å². The maximum absolute atomic E-state index is 11.6. The van der Waals surface area contributed by atoms with Gasteiger partial charge in [0.05, 0.1) is 10.9 Å². The Labute approximate surface area is 96.8 Å². The number of halogens is 2. The predicted molar refractivity (Wildman–Crippen MR) is 62.5 cm³/mol. The molecule has 2 aromatic rings. The Bertz CT molecular complexity index is 557. The summed E-state index contributed by atoms with van der Waals surface area (Å²) < 4.78 is 1.64. The lowest BCUT2D eigenvalue weighted by atomic mass is 10.2. The molecule has 0 aliphatic rings. The Morgan fingerprint density at radius 3 is 2.79 bits per heavy atom. The first-order chi connectivity index (χ1) is 6.58. The summed E-state index contributed by atoms with van der Waals surface area (Å²) in [5.74, 6) is 0.618. The highest BCUT2D eigenvalue weighted by Crippen LogP contribution is 2.24. The van der Waals surface area contributed by atoms with Crippen LogP contribution in [-0.4, -0.2) is 9.97 Å². The average molecular weight is 318 g/mol. The van der Waals surface area contributed by atoms with Crippen LogP contribution in [0.15, 0.2) is 25.9 Å². The molecule has 0 fully saturated rings. The van der Waals surface area contributed by atoms with Crippen LogP contribution in [0.1, 0.15) is 5.82 Å². The third-order valence-electron chi connectivity index (χ3n) is 1.84. The number of H-pyrrole nitrogens is 1. The standard InChI is InChI=1S/C9H6Br2N2O/c1-4-12-7-3-5(10)2-6(11)8(7)9(14)13-4/h2-3H,1H3,(H,12,13,14). The fraction of sp³-hybridized carbons (Fsp3) is 0.111. The fourth-order valence-electron chi connectivity index (χ4n) is 1.31. The summed E-state index contributed by atoms with van der Waals surface area (Å²) in [6, 6.07) is 3.65. The molecule has 0 saturated heterocycles. The van der Waals surface area contributed by atoms with Crippen LogP contribution >= 0.6 is 31.9 Å². The largest absolute Gasteiger partial charge is 0.310 e. The maximum Gasteiger partial charge on any atom is 0.259 e. The van der Waals surface area contributed by atoms with E-state index in [-0.39, 0.29) is 5.56 Å². The molecule has 5 heteroatoms. The summed E-state index contributed by atoms with van der Waals surface area (Å²) >= 11 is 6.68. The van der Waals surface area contributed by atoms with Gasteiger partial charge in [0.15, 0.2) is 0 Å². The number of aromatic amines is 1. The second kappa shape index (κ2) is 3.47. The number of nitrogens with zero attached hydrogens (tertiary/aromatic N) is 1. The van der Waals surface area contributed by atoms with Crippen molar-refractivity contribution < 1.29 is 0 Å². The molecule has 1 aromatic carbocycles. The Morgan fingerprint density at radius 1 is 1.36 bits per heavy atom. The van der Waals surface area contributed by atoms with Gasteiger partial charge in [-0.2, -0.15) is 0 Å². The molecule has 0 spiro atoms. The second-order valence-corrected chi connectivity index (χ2v) is 4.70. The topological polar surface area (TPSA) is 45.8 Å². The highest BCUT2D eigenvalue weighted by atomic mass is 79.9. The summed E-state index contributed by atoms with van der Waals surface area (Å²) in [7, 11) is 0. The lowest BCUT2D eigenvalue weighted by molar-refractivity contribution is 1.06. The zero-order valence-corrected chi connectivity index (χ0v) is 10.4. The normalized spacial score (nSPS) is 10.8. The lowest BCUT2D eigenvalue weighted by Gasteiger charge is -2.01. The SMILES string of the molecule is Cc1nc2cc(Br)cc(Br)c2c(=O)[nH]1. The van der Waals surface area contributed by atoms with Crippen LogP contribution < -0.4 is 5.56 Å². The van der Waals surface area contributed by atoms with Gasteiger partial charge < -0.3 is 4.98 Å². The first kappa shape index (κ1) is 9.86. The molecule has 0 saturated carbocycles. The van der Waals surface area contributed by atoms with E-state index in [1.54, 1.807) is 6.92 Å². The monoisotopic (exact) mass is 316 g/mol. The molecule has 0 unspecified atom stereocenters. The van der Waals surface area contributed by atoms with Crippen LogP contribution in [0, 0.1) is 6.92 Å². The molecule has 0 atom stereocenters. The number of hydrogen-bond acceptors (Lipinski definition) is 2. The quantitative estimate of drug-likeness (QED) is 0.812. The molecule has 3 nitrogen and oxygen atoms in total. The Hall–Kier alpha value is -0.680. The van der Waals surface area contributed by atoms with E-state index in [4.69, 9.17) is 0 Å². The van der Waals surface area contributed by atoms with E-state index >= 15 is 0 Å². The third kappa shape index (κ3) is 1.62. The van der Waals surface area contributed by atoms with Crippen molar-refractivity contribution in [3.8, 4) is 0 Å². The van der Waals surface area contributed by atoms with Crippen LogP contribution in [0.4, 0.5) is 0 Å². The molecule has 1 N–H and O–H groups in total. The molecular formula is C9H6Br2N2O. The van der Waals surface area contributed by atoms with E-state index < -0.39 is 0 Å². The highest BCUT2D eigenvalue weighted by Gasteiger charge is 2.06. The summed E-state index contributed by atoms with van der Waals surface area (Å²) in [6.07, 6.45) is 0. The summed E-state index contributed by atoms with van der Waals surface area (Å²) in [4.78, 5) is 18.5. The summed E-state index contributed by atoms with van der Waals surface area (Å²) in [6.45, 7) is 1.76. The molecule has 1 aromatic heterocycles. The smallest absolute Gasteiger partial charge is 0.259 e. The Kier molecular flexibility index (Phi) is 2.45. The number of rotatable bonds is 0. The van der Waals surface area contributed by atoms with Crippen LogP contribution in [0.2, 0.25) is 0 Å². The van der Waals surface area contributed by atoms with Crippen molar-refractivity contribution in [2.45, 2.75) is 6.92 Å². The molecule has 0 aliphatic heterocycles. The molecular weight excluding hydrogens is 312 g/mol. The van der Waals surface area contributed by atoms with Crippen LogP contribution in [-0.2, 0) is 0 Å². The van der Waals surface area contributed by atoms with Gasteiger partial charge in [-0.3, -0.25) is 4.79 Å². The summed E-state index contributed by atoms with van der Waals surface area (Å²) in [5, 5.41) is 0.582. The van der Waals surface area contributed by atoms with E-state index in [0.717, 1.165) is 8.95 Å². The molecule has 1 heterocycles. The Morgan fingerprint density at radius 2 is 2.07 bits per heavy atom. The highest BCUT2D eigenvalue weighted by molar-refractivity contribution is 9.11. The first-order valence-corrected chi connectivity index (χ1v) is 5.52. The van der Waals surface area contributed by atoms with Gasteiger partial charge in [-0.05, 0) is 35.0 Å². The number of hydrogen-bond donors (Lipinski definition) is 1. The van der Waals surface area contributed by atoms with Crippen LogP contribution in [0.25, 0.3) is 10.9 Å². The molecule has 14 heavy (non-hydrogen) atoms. The van der Waals surface area contributed by atoms with Crippen molar-refractivity contribution in [1.82, 2.24) is 9.97 Å². The second-order valence-electron chi connectivity index (χ2n) is 2.93. The van der Waals surface area contributed by atoms with E-state index in [2.05, 4.69) is 41.8 Å². The van der Waals surface area contributed by atoms with Crippen molar-refractivity contribution in [2.75, 3.05) is 0 Å². The molecule has 2 rings (SSSR count). The van der Waals surface area contributed by atoms with Crippen molar-refractivity contribution in [3.63, 3.8) is 0 Å². The van der Waals surface area contributed by atoms with Crippen molar-refractivity contribution in [3.05, 3.63) is 37.3 Å². The minimum absolute atomic E-state index is 0.119. The molecule has 0 radical (unpaired) electrons. The van der Waals surface area contributed by atoms with Gasteiger partial charge in [-0.25, -0.2) is 4.98 Å². The minimum Gasteiger partial charge on any atom is -0.310 e. The number of benzene rings is 1. The van der Waals surface area contributed by atoms with Gasteiger partial charge in [0, 0.05) is 8.95 Å². The van der Waals surface area contributed by atoms with Crippen molar-refractivity contribution in [1.29, 1.82) is 0 Å². The number of fused-ring (bicyclic) bond motifs is 1. The van der Waals surface area contributed by atoms with Gasteiger partial charge in [0.2, 0.25) is 0 Å². The number of aryl methyl sites for hydroxylation is 1. The van der Waals surface area contributed by atoms with Gasteiger partial charge in [-0.15, -0.1) is 0 Å². The predicted octanol–water partition coefficient (Wildman–Crippen LogP) is 2.76. The van der Waals surface area contributed by atoms with E-state index in [1.165, 1.54) is 0 Å².